The van der Waals surface area contributed by atoms with Crippen molar-refractivity contribution in [2.24, 2.45) is 0 Å². The Hall–Kier alpha value is -1.93. The Kier molecular flexibility index (Phi) is 7.46. The number of imide groups is 1. The number of nitrogens with zero attached hydrogens (tertiary/aromatic N) is 2. The molecule has 10 heteroatoms. The van der Waals surface area contributed by atoms with Gasteiger partial charge in [0.2, 0.25) is 0 Å². The number of amides is 2. The number of aromatic nitrogens is 1. The van der Waals surface area contributed by atoms with Gasteiger partial charge in [-0.2, -0.15) is 0 Å². The van der Waals surface area contributed by atoms with Crippen LogP contribution >= 0.6 is 74.1 Å². The molecule has 36 heavy (non-hydrogen) atoms. The zero-order valence-electron chi connectivity index (χ0n) is 18.3. The molecule has 0 unspecified atom stereocenters. The molecule has 2 amide bonds. The van der Waals surface area contributed by atoms with Gasteiger partial charge in [0, 0.05) is 43.7 Å². The van der Waals surface area contributed by atoms with Gasteiger partial charge in [0.15, 0.2) is 0 Å². The summed E-state index contributed by atoms with van der Waals surface area (Å²) in [5, 5.41) is 2.53. The topological polar surface area (TPSA) is 42.3 Å². The maximum absolute atomic E-state index is 13.2. The molecular formula is C26H15BrCl4N2O2S. The smallest absolute Gasteiger partial charge is 0.293 e. The van der Waals surface area contributed by atoms with Gasteiger partial charge in [-0.25, -0.2) is 0 Å². The number of thioether (sulfide) groups is 1. The first-order valence-corrected chi connectivity index (χ1v) is 13.7. The van der Waals surface area contributed by atoms with Crippen molar-refractivity contribution in [3.63, 3.8) is 0 Å². The number of hydrogen-bond donors (Lipinski definition) is 0. The molecule has 0 saturated carbocycles. The van der Waals surface area contributed by atoms with Gasteiger partial charge < -0.3 is 4.57 Å². The molecule has 1 saturated heterocycles. The fourth-order valence-electron chi connectivity index (χ4n) is 3.97. The minimum Gasteiger partial charge on any atom is -0.342 e. The first-order chi connectivity index (χ1) is 17.2. The van der Waals surface area contributed by atoms with Crippen LogP contribution in [-0.2, 0) is 17.9 Å². The Bertz CT molecular complexity index is 1580. The lowest BCUT2D eigenvalue weighted by molar-refractivity contribution is -0.123. The Morgan fingerprint density at radius 3 is 2.42 bits per heavy atom. The third-order valence-electron chi connectivity index (χ3n) is 5.71. The Balaban J connectivity index is 1.48. The maximum atomic E-state index is 13.2. The standard InChI is InChI=1S/C26H15BrCl4N2O2S/c27-17-3-6-23-19(9-17)16(13-32(23)12-15-2-4-18(28)10-21(15)30)8-24-25(34)33(26(35)36-24)11-14-1-5-20(29)22(31)7-14/h1-10,13H,11-12H2/b24-8-. The van der Waals surface area contributed by atoms with Crippen molar-refractivity contribution in [2.45, 2.75) is 13.1 Å². The summed E-state index contributed by atoms with van der Waals surface area (Å²) in [7, 11) is 0. The van der Waals surface area contributed by atoms with Crippen LogP contribution in [0.1, 0.15) is 16.7 Å². The summed E-state index contributed by atoms with van der Waals surface area (Å²) in [6, 6.07) is 16.4. The van der Waals surface area contributed by atoms with Crippen molar-refractivity contribution in [3.8, 4) is 0 Å². The van der Waals surface area contributed by atoms with Crippen molar-refractivity contribution in [3.05, 3.63) is 107 Å². The summed E-state index contributed by atoms with van der Waals surface area (Å²) >= 11 is 29.0. The Morgan fingerprint density at radius 1 is 0.861 bits per heavy atom. The highest BCUT2D eigenvalue weighted by Gasteiger charge is 2.35. The third kappa shape index (κ3) is 5.21. The highest BCUT2D eigenvalue weighted by molar-refractivity contribution is 9.10. The van der Waals surface area contributed by atoms with E-state index in [4.69, 9.17) is 46.4 Å². The van der Waals surface area contributed by atoms with Crippen LogP contribution in [0.4, 0.5) is 4.79 Å². The molecule has 0 spiro atoms. The fraction of sp³-hybridized carbons (Fsp3) is 0.0769. The van der Waals surface area contributed by atoms with Gasteiger partial charge in [-0.15, -0.1) is 0 Å². The summed E-state index contributed by atoms with van der Waals surface area (Å²) in [5.74, 6) is -0.354. The van der Waals surface area contributed by atoms with Gasteiger partial charge in [-0.05, 0) is 71.4 Å². The molecule has 182 valence electrons. The van der Waals surface area contributed by atoms with Crippen LogP contribution in [0.15, 0.2) is 70.2 Å². The lowest BCUT2D eigenvalue weighted by Crippen LogP contribution is -2.27. The normalized spacial score (nSPS) is 15.0. The predicted molar refractivity (Wildman–Crippen MR) is 153 cm³/mol. The van der Waals surface area contributed by atoms with Crippen LogP contribution in [0.3, 0.4) is 0 Å². The van der Waals surface area contributed by atoms with Crippen molar-refractivity contribution < 1.29 is 9.59 Å². The molecule has 0 atom stereocenters. The zero-order valence-corrected chi connectivity index (χ0v) is 23.7. The molecule has 1 aliphatic rings. The minimum absolute atomic E-state index is 0.112. The molecule has 0 aliphatic carbocycles. The second-order valence-electron chi connectivity index (χ2n) is 8.13. The first kappa shape index (κ1) is 25.7. The molecule has 0 radical (unpaired) electrons. The number of carbonyl (C=O) groups excluding carboxylic acids is 2. The number of carbonyl (C=O) groups is 2. The van der Waals surface area contributed by atoms with Crippen LogP contribution in [-0.4, -0.2) is 20.6 Å². The number of rotatable bonds is 5. The molecule has 4 nitrogen and oxygen atoms in total. The first-order valence-electron chi connectivity index (χ1n) is 10.6. The van der Waals surface area contributed by atoms with Crippen LogP contribution in [0, 0.1) is 0 Å². The van der Waals surface area contributed by atoms with Crippen LogP contribution in [0.5, 0.6) is 0 Å². The lowest BCUT2D eigenvalue weighted by Gasteiger charge is -2.12. The van der Waals surface area contributed by atoms with Crippen molar-refractivity contribution >= 4 is 102 Å². The van der Waals surface area contributed by atoms with Gasteiger partial charge in [0.05, 0.1) is 21.5 Å². The van der Waals surface area contributed by atoms with E-state index >= 15 is 0 Å². The Labute approximate surface area is 239 Å². The highest BCUT2D eigenvalue weighted by Crippen LogP contribution is 2.36. The van der Waals surface area contributed by atoms with E-state index in [1.54, 1.807) is 36.4 Å². The van der Waals surface area contributed by atoms with Crippen LogP contribution in [0.2, 0.25) is 20.1 Å². The Morgan fingerprint density at radius 2 is 1.67 bits per heavy atom. The number of fused-ring (bicyclic) bond motifs is 1. The molecule has 0 N–H and O–H groups in total. The molecule has 1 aliphatic heterocycles. The highest BCUT2D eigenvalue weighted by atomic mass is 79.9. The summed E-state index contributed by atoms with van der Waals surface area (Å²) in [6.45, 7) is 0.627. The summed E-state index contributed by atoms with van der Waals surface area (Å²) in [4.78, 5) is 27.4. The molecule has 1 fully saturated rings. The predicted octanol–water partition coefficient (Wildman–Crippen LogP) is 9.30. The zero-order chi connectivity index (χ0) is 25.6. The number of benzene rings is 3. The van der Waals surface area contributed by atoms with E-state index in [9.17, 15) is 9.59 Å². The van der Waals surface area contributed by atoms with E-state index < -0.39 is 0 Å². The molecule has 3 aromatic carbocycles. The third-order valence-corrected chi connectivity index (χ3v) is 8.44. The lowest BCUT2D eigenvalue weighted by atomic mass is 10.1. The van der Waals surface area contributed by atoms with Crippen LogP contribution < -0.4 is 0 Å². The summed E-state index contributed by atoms with van der Waals surface area (Å²) < 4.78 is 2.96. The minimum atomic E-state index is -0.354. The van der Waals surface area contributed by atoms with E-state index in [1.807, 2.05) is 30.5 Å². The van der Waals surface area contributed by atoms with Crippen molar-refractivity contribution in [1.29, 1.82) is 0 Å². The average molecular weight is 641 g/mol. The van der Waals surface area contributed by atoms with Gasteiger partial charge in [-0.1, -0.05) is 74.5 Å². The van der Waals surface area contributed by atoms with E-state index in [1.165, 1.54) is 4.90 Å². The molecule has 4 aromatic rings. The quantitative estimate of drug-likeness (QED) is 0.204. The van der Waals surface area contributed by atoms with Gasteiger partial charge in [0.25, 0.3) is 11.1 Å². The summed E-state index contributed by atoms with van der Waals surface area (Å²) in [5.41, 5.74) is 3.41. The molecule has 0 bridgehead atoms. The number of halogens is 5. The van der Waals surface area contributed by atoms with Gasteiger partial charge in [0.1, 0.15) is 0 Å². The largest absolute Gasteiger partial charge is 0.342 e. The molecule has 5 rings (SSSR count). The fourth-order valence-corrected chi connectivity index (χ4v) is 5.95. The molecule has 1 aromatic heterocycles. The van der Waals surface area contributed by atoms with Crippen LogP contribution in [0.25, 0.3) is 17.0 Å². The number of hydrogen-bond acceptors (Lipinski definition) is 3. The second kappa shape index (κ2) is 10.4. The van der Waals surface area contributed by atoms with E-state index in [-0.39, 0.29) is 17.7 Å². The monoisotopic (exact) mass is 638 g/mol. The average Bonchev–Trinajstić information content (AvgIpc) is 3.29. The molecule has 2 heterocycles. The maximum Gasteiger partial charge on any atom is 0.293 e. The second-order valence-corrected chi connectivity index (χ2v) is 11.7. The van der Waals surface area contributed by atoms with Gasteiger partial charge in [-0.3, -0.25) is 14.5 Å². The molecular weight excluding hydrogens is 626 g/mol. The van der Waals surface area contributed by atoms with E-state index in [0.717, 1.165) is 38.3 Å². The van der Waals surface area contributed by atoms with Crippen molar-refractivity contribution in [2.75, 3.05) is 0 Å². The summed E-state index contributed by atoms with van der Waals surface area (Å²) in [6.07, 6.45) is 3.71. The van der Waals surface area contributed by atoms with Gasteiger partial charge >= 0.3 is 0 Å². The van der Waals surface area contributed by atoms with E-state index in [0.29, 0.717) is 37.1 Å². The SMILES string of the molecule is O=C1S/C(=C\c2cn(Cc3ccc(Cl)cc3Cl)c3ccc(Br)cc23)C(=O)N1Cc1ccc(Cl)c(Cl)c1. The van der Waals surface area contributed by atoms with Crippen molar-refractivity contribution in [1.82, 2.24) is 9.47 Å². The van der Waals surface area contributed by atoms with E-state index in [2.05, 4.69) is 20.5 Å².